The molecule has 140 valence electrons. The summed E-state index contributed by atoms with van der Waals surface area (Å²) < 4.78 is 13.1. The summed E-state index contributed by atoms with van der Waals surface area (Å²) in [5, 5.41) is 10.5. The van der Waals surface area contributed by atoms with E-state index in [2.05, 4.69) is 17.1 Å². The first-order valence-electron chi connectivity index (χ1n) is 8.97. The molecule has 0 fully saturated rings. The topological polar surface area (TPSA) is 76.5 Å². The van der Waals surface area contributed by atoms with E-state index in [1.165, 1.54) is 15.7 Å². The van der Waals surface area contributed by atoms with E-state index in [0.717, 1.165) is 12.8 Å². The third-order valence-corrected chi connectivity index (χ3v) is 4.97. The number of hydrogen-bond donors (Lipinski definition) is 2. The number of aromatic nitrogens is 2. The Hall–Kier alpha value is -2.99. The molecule has 0 spiro atoms. The van der Waals surface area contributed by atoms with Gasteiger partial charge in [-0.25, -0.2) is 4.79 Å². The number of aromatic amines is 1. The van der Waals surface area contributed by atoms with Crippen molar-refractivity contribution in [1.82, 2.24) is 9.55 Å². The normalized spacial score (nSPS) is 14.7. The van der Waals surface area contributed by atoms with Gasteiger partial charge in [0.1, 0.15) is 6.10 Å². The molecule has 0 aliphatic heterocycles. The van der Waals surface area contributed by atoms with Crippen LogP contribution in [0.15, 0.2) is 59.7 Å². The molecule has 2 aromatic carbocycles. The van der Waals surface area contributed by atoms with Gasteiger partial charge in [0.25, 0.3) is 0 Å². The first kappa shape index (κ1) is 17.4. The molecule has 0 saturated carbocycles. The van der Waals surface area contributed by atoms with Crippen LogP contribution in [-0.2, 0) is 19.4 Å². The van der Waals surface area contributed by atoms with Crippen LogP contribution in [0, 0.1) is 0 Å². The molecule has 3 aromatic rings. The van der Waals surface area contributed by atoms with Crippen molar-refractivity contribution < 1.29 is 14.6 Å². The molecular formula is C21H22N2O4. The maximum absolute atomic E-state index is 11.6. The number of nitrogens with zero attached hydrogens (tertiary/aromatic N) is 1. The van der Waals surface area contributed by atoms with Crippen LogP contribution in [-0.4, -0.2) is 27.9 Å². The molecule has 1 unspecified atom stereocenters. The highest BCUT2D eigenvalue weighted by molar-refractivity contribution is 5.44. The molecule has 1 aliphatic rings. The molecule has 1 aliphatic carbocycles. The molecule has 27 heavy (non-hydrogen) atoms. The van der Waals surface area contributed by atoms with Gasteiger partial charge < -0.3 is 19.6 Å². The molecule has 4 rings (SSSR count). The third kappa shape index (κ3) is 3.61. The number of H-pyrrole nitrogens is 1. The Morgan fingerprint density at radius 3 is 2.56 bits per heavy atom. The van der Waals surface area contributed by atoms with E-state index in [1.54, 1.807) is 37.7 Å². The van der Waals surface area contributed by atoms with Crippen molar-refractivity contribution in [3.8, 4) is 11.5 Å². The fraction of sp³-hybridized carbons (Fsp3) is 0.286. The predicted octanol–water partition coefficient (Wildman–Crippen LogP) is 2.46. The van der Waals surface area contributed by atoms with Crippen molar-refractivity contribution in [3.05, 3.63) is 82.0 Å². The van der Waals surface area contributed by atoms with E-state index in [-0.39, 0.29) is 18.3 Å². The largest absolute Gasteiger partial charge is 0.493 e. The lowest BCUT2D eigenvalue weighted by molar-refractivity contribution is 0.153. The van der Waals surface area contributed by atoms with Crippen LogP contribution in [0.5, 0.6) is 11.5 Å². The van der Waals surface area contributed by atoms with Gasteiger partial charge in [0.15, 0.2) is 11.5 Å². The molecule has 0 amide bonds. The van der Waals surface area contributed by atoms with Gasteiger partial charge in [-0.05, 0) is 28.8 Å². The minimum atomic E-state index is -0.826. The lowest BCUT2D eigenvalue weighted by Gasteiger charge is -2.18. The molecule has 1 heterocycles. The number of imidazole rings is 1. The predicted molar refractivity (Wildman–Crippen MR) is 101 cm³/mol. The number of methoxy groups -OCH3 is 1. The van der Waals surface area contributed by atoms with E-state index in [0.29, 0.717) is 17.1 Å². The minimum absolute atomic E-state index is 0.0380. The van der Waals surface area contributed by atoms with E-state index >= 15 is 0 Å². The maximum Gasteiger partial charge on any atom is 0.325 e. The quantitative estimate of drug-likeness (QED) is 0.703. The Morgan fingerprint density at radius 1 is 1.19 bits per heavy atom. The van der Waals surface area contributed by atoms with Gasteiger partial charge in [-0.1, -0.05) is 30.3 Å². The van der Waals surface area contributed by atoms with Crippen LogP contribution >= 0.6 is 0 Å². The van der Waals surface area contributed by atoms with E-state index < -0.39 is 6.10 Å². The number of aliphatic hydroxyl groups excluding tert-OH is 1. The van der Waals surface area contributed by atoms with E-state index in [9.17, 15) is 9.90 Å². The summed E-state index contributed by atoms with van der Waals surface area (Å²) in [4.78, 5) is 14.2. The first-order chi connectivity index (χ1) is 13.1. The SMILES string of the molecule is COc1ccc(C(O)Cn2cc[nH]c2=O)cc1OC1Cc2ccccc2C1. The fourth-order valence-electron chi connectivity index (χ4n) is 3.56. The Morgan fingerprint density at radius 2 is 1.93 bits per heavy atom. The fourth-order valence-corrected chi connectivity index (χ4v) is 3.56. The van der Waals surface area contributed by atoms with E-state index in [1.807, 2.05) is 12.1 Å². The van der Waals surface area contributed by atoms with Crippen molar-refractivity contribution >= 4 is 0 Å². The van der Waals surface area contributed by atoms with Crippen LogP contribution in [0.25, 0.3) is 0 Å². The lowest BCUT2D eigenvalue weighted by atomic mass is 10.1. The molecule has 0 saturated heterocycles. The summed E-state index contributed by atoms with van der Waals surface area (Å²) in [7, 11) is 1.60. The average Bonchev–Trinajstić information content (AvgIpc) is 3.27. The molecule has 1 atom stereocenters. The lowest BCUT2D eigenvalue weighted by Crippen LogP contribution is -2.20. The zero-order valence-corrected chi connectivity index (χ0v) is 15.1. The van der Waals surface area contributed by atoms with Gasteiger partial charge in [-0.2, -0.15) is 0 Å². The summed E-state index contributed by atoms with van der Waals surface area (Å²) in [6, 6.07) is 13.7. The molecule has 2 N–H and O–H groups in total. The number of hydrogen-bond acceptors (Lipinski definition) is 4. The van der Waals surface area contributed by atoms with Crippen LogP contribution < -0.4 is 15.2 Å². The second-order valence-corrected chi connectivity index (χ2v) is 6.76. The van der Waals surface area contributed by atoms with Gasteiger partial charge >= 0.3 is 5.69 Å². The summed E-state index contributed by atoms with van der Waals surface area (Å²) in [6.07, 6.45) is 4.08. The van der Waals surface area contributed by atoms with Crippen molar-refractivity contribution in [2.24, 2.45) is 0 Å². The van der Waals surface area contributed by atoms with Gasteiger partial charge in [0.05, 0.1) is 19.8 Å². The zero-order chi connectivity index (χ0) is 18.8. The van der Waals surface area contributed by atoms with Gasteiger partial charge in [-0.3, -0.25) is 4.57 Å². The van der Waals surface area contributed by atoms with Crippen LogP contribution in [0.1, 0.15) is 22.8 Å². The standard InChI is InChI=1S/C21H22N2O4/c1-26-19-7-6-16(18(24)13-23-9-8-22-21(23)25)12-20(19)27-17-10-14-4-2-3-5-15(14)11-17/h2-9,12,17-18,24H,10-11,13H2,1H3,(H,22,25). The average molecular weight is 366 g/mol. The maximum atomic E-state index is 11.6. The molecule has 0 bridgehead atoms. The Kier molecular flexibility index (Phi) is 4.73. The molecule has 6 nitrogen and oxygen atoms in total. The Balaban J connectivity index is 1.53. The summed E-state index contributed by atoms with van der Waals surface area (Å²) in [5.74, 6) is 1.23. The summed E-state index contributed by atoms with van der Waals surface area (Å²) in [6.45, 7) is 0.170. The first-order valence-corrected chi connectivity index (χ1v) is 8.97. The van der Waals surface area contributed by atoms with Crippen LogP contribution in [0.3, 0.4) is 0 Å². The van der Waals surface area contributed by atoms with Crippen molar-refractivity contribution in [2.45, 2.75) is 31.6 Å². The highest BCUT2D eigenvalue weighted by atomic mass is 16.5. The van der Waals surface area contributed by atoms with Crippen molar-refractivity contribution in [1.29, 1.82) is 0 Å². The van der Waals surface area contributed by atoms with Crippen molar-refractivity contribution in [3.63, 3.8) is 0 Å². The number of benzene rings is 2. The summed E-state index contributed by atoms with van der Waals surface area (Å²) >= 11 is 0. The second-order valence-electron chi connectivity index (χ2n) is 6.76. The Labute approximate surface area is 157 Å². The number of fused-ring (bicyclic) bond motifs is 1. The highest BCUT2D eigenvalue weighted by Crippen LogP contribution is 2.34. The molecular weight excluding hydrogens is 344 g/mol. The number of ether oxygens (including phenoxy) is 2. The second kappa shape index (κ2) is 7.32. The third-order valence-electron chi connectivity index (χ3n) is 4.97. The zero-order valence-electron chi connectivity index (χ0n) is 15.1. The van der Waals surface area contributed by atoms with Gasteiger partial charge in [-0.15, -0.1) is 0 Å². The minimum Gasteiger partial charge on any atom is -0.493 e. The van der Waals surface area contributed by atoms with Crippen molar-refractivity contribution in [2.75, 3.05) is 7.11 Å². The number of nitrogens with one attached hydrogen (secondary N) is 1. The monoisotopic (exact) mass is 366 g/mol. The summed E-state index contributed by atoms with van der Waals surface area (Å²) in [5.41, 5.74) is 3.05. The number of aliphatic hydroxyl groups is 1. The molecule has 1 aromatic heterocycles. The van der Waals surface area contributed by atoms with E-state index in [4.69, 9.17) is 9.47 Å². The molecule has 0 radical (unpaired) electrons. The van der Waals surface area contributed by atoms with Crippen LogP contribution in [0.2, 0.25) is 0 Å². The Bertz CT molecular complexity index is 967. The van der Waals surface area contributed by atoms with Gasteiger partial charge in [0, 0.05) is 25.2 Å². The van der Waals surface area contributed by atoms with Gasteiger partial charge in [0.2, 0.25) is 0 Å². The highest BCUT2D eigenvalue weighted by Gasteiger charge is 2.24. The smallest absolute Gasteiger partial charge is 0.325 e. The molecule has 6 heteroatoms. The van der Waals surface area contributed by atoms with Crippen LogP contribution in [0.4, 0.5) is 0 Å². The number of rotatable bonds is 6.